The minimum atomic E-state index is -0.239. The fraction of sp³-hybridized carbons (Fsp3) is 0.333. The van der Waals surface area contributed by atoms with Gasteiger partial charge in [0.1, 0.15) is 5.82 Å². The van der Waals surface area contributed by atoms with Crippen LogP contribution in [0.5, 0.6) is 0 Å². The van der Waals surface area contributed by atoms with E-state index in [2.05, 4.69) is 35.4 Å². The molecule has 0 radical (unpaired) electrons. The van der Waals surface area contributed by atoms with Crippen molar-refractivity contribution in [1.82, 2.24) is 20.2 Å². The third-order valence-electron chi connectivity index (χ3n) is 4.68. The van der Waals surface area contributed by atoms with Crippen molar-refractivity contribution >= 4 is 29.6 Å². The molecule has 9 heteroatoms. The first kappa shape index (κ1) is 21.3. The molecule has 0 spiro atoms. The van der Waals surface area contributed by atoms with Crippen molar-refractivity contribution < 1.29 is 4.79 Å². The van der Waals surface area contributed by atoms with Crippen LogP contribution >= 0.6 is 0 Å². The molecule has 0 aromatic carbocycles. The Morgan fingerprint density at radius 3 is 2.77 bits per heavy atom. The first-order valence-corrected chi connectivity index (χ1v) is 10.0. The molecule has 0 aliphatic carbocycles. The maximum atomic E-state index is 11.7. The molecule has 0 saturated carbocycles. The topological polar surface area (TPSA) is 112 Å². The van der Waals surface area contributed by atoms with E-state index in [-0.39, 0.29) is 6.03 Å². The van der Waals surface area contributed by atoms with Gasteiger partial charge in [-0.3, -0.25) is 10.2 Å². The molecule has 30 heavy (non-hydrogen) atoms. The zero-order valence-corrected chi connectivity index (χ0v) is 17.2. The van der Waals surface area contributed by atoms with Gasteiger partial charge in [0.15, 0.2) is 5.82 Å². The van der Waals surface area contributed by atoms with E-state index in [1.807, 2.05) is 37.4 Å². The van der Waals surface area contributed by atoms with Gasteiger partial charge in [0.2, 0.25) is 0 Å². The number of carbonyl (C=O) groups excluding carboxylic acids is 1. The highest BCUT2D eigenvalue weighted by Gasteiger charge is 2.18. The zero-order valence-electron chi connectivity index (χ0n) is 17.2. The number of amides is 2. The summed E-state index contributed by atoms with van der Waals surface area (Å²) in [4.78, 5) is 29.2. The second kappa shape index (κ2) is 10.9. The Labute approximate surface area is 176 Å². The predicted octanol–water partition coefficient (Wildman–Crippen LogP) is 2.11. The molecule has 1 aliphatic heterocycles. The van der Waals surface area contributed by atoms with E-state index in [1.165, 1.54) is 6.20 Å². The highest BCUT2D eigenvalue weighted by Crippen LogP contribution is 2.19. The van der Waals surface area contributed by atoms with Crippen molar-refractivity contribution in [2.75, 3.05) is 42.9 Å². The van der Waals surface area contributed by atoms with E-state index >= 15 is 0 Å². The van der Waals surface area contributed by atoms with Crippen LogP contribution in [0, 0.1) is 0 Å². The third kappa shape index (κ3) is 6.28. The second-order valence-corrected chi connectivity index (χ2v) is 6.83. The monoisotopic (exact) mass is 408 g/mol. The molecular weight excluding hydrogens is 380 g/mol. The minimum Gasteiger partial charge on any atom is -0.405 e. The standard InChI is InChI=1S/C21H28N8O/c1-2-23-21(30)27-20-14-17(6-9-25-20)16-28-10-12-29(13-11-28)18-4-5-19(26-15-18)24-8-3-7-22/h3-9,14-15H,2,10-13,16,22H2,1H3,(H2,23,25,27,30)/b7-3-,24-8?. The molecule has 1 saturated heterocycles. The third-order valence-corrected chi connectivity index (χ3v) is 4.68. The Morgan fingerprint density at radius 1 is 1.23 bits per heavy atom. The number of aromatic nitrogens is 2. The summed E-state index contributed by atoms with van der Waals surface area (Å²) in [6.45, 7) is 7.02. The van der Waals surface area contributed by atoms with Crippen LogP contribution in [0.15, 0.2) is 53.9 Å². The van der Waals surface area contributed by atoms with Gasteiger partial charge in [-0.2, -0.15) is 0 Å². The second-order valence-electron chi connectivity index (χ2n) is 6.83. The molecule has 0 unspecified atom stereocenters. The number of aliphatic imine (C=N–C) groups is 1. The summed E-state index contributed by atoms with van der Waals surface area (Å²) < 4.78 is 0. The van der Waals surface area contributed by atoms with Gasteiger partial charge in [0, 0.05) is 51.7 Å². The Morgan fingerprint density at radius 2 is 2.07 bits per heavy atom. The number of anilines is 2. The summed E-state index contributed by atoms with van der Waals surface area (Å²) in [6, 6.07) is 7.62. The summed E-state index contributed by atoms with van der Waals surface area (Å²) in [7, 11) is 0. The molecule has 3 rings (SSSR count). The quantitative estimate of drug-likeness (QED) is 0.605. The van der Waals surface area contributed by atoms with E-state index < -0.39 is 0 Å². The van der Waals surface area contributed by atoms with Crippen molar-refractivity contribution in [3.8, 4) is 0 Å². The number of hydrogen-bond acceptors (Lipinski definition) is 7. The van der Waals surface area contributed by atoms with Crippen molar-refractivity contribution in [2.24, 2.45) is 10.7 Å². The Balaban J connectivity index is 1.50. The van der Waals surface area contributed by atoms with Crippen LogP contribution in [0.1, 0.15) is 12.5 Å². The smallest absolute Gasteiger partial charge is 0.320 e. The van der Waals surface area contributed by atoms with Crippen LogP contribution in [0.4, 0.5) is 22.1 Å². The van der Waals surface area contributed by atoms with Crippen LogP contribution in [0.25, 0.3) is 0 Å². The van der Waals surface area contributed by atoms with Gasteiger partial charge in [-0.1, -0.05) is 0 Å². The highest BCUT2D eigenvalue weighted by molar-refractivity contribution is 5.88. The number of urea groups is 1. The average molecular weight is 409 g/mol. The number of nitrogens with two attached hydrogens (primary N) is 1. The molecule has 0 atom stereocenters. The summed E-state index contributed by atoms with van der Waals surface area (Å²) in [5.74, 6) is 1.22. The van der Waals surface area contributed by atoms with Gasteiger partial charge in [0.25, 0.3) is 0 Å². The predicted molar refractivity (Wildman–Crippen MR) is 120 cm³/mol. The number of hydrogen-bond donors (Lipinski definition) is 3. The van der Waals surface area contributed by atoms with E-state index in [1.54, 1.807) is 18.5 Å². The maximum absolute atomic E-state index is 11.7. The van der Waals surface area contributed by atoms with Gasteiger partial charge < -0.3 is 16.0 Å². The molecule has 158 valence electrons. The van der Waals surface area contributed by atoms with Crippen molar-refractivity contribution in [3.05, 3.63) is 54.5 Å². The number of allylic oxidation sites excluding steroid dienone is 1. The molecule has 2 aromatic heterocycles. The Bertz CT molecular complexity index is 873. The number of carbonyl (C=O) groups is 1. The summed E-state index contributed by atoms with van der Waals surface area (Å²) in [5, 5.41) is 5.46. The molecular formula is C21H28N8O. The molecule has 1 fully saturated rings. The highest BCUT2D eigenvalue weighted by atomic mass is 16.2. The van der Waals surface area contributed by atoms with Crippen molar-refractivity contribution in [1.29, 1.82) is 0 Å². The number of piperazine rings is 1. The Kier molecular flexibility index (Phi) is 7.73. The fourth-order valence-electron chi connectivity index (χ4n) is 3.20. The summed E-state index contributed by atoms with van der Waals surface area (Å²) >= 11 is 0. The van der Waals surface area contributed by atoms with Crippen LogP contribution in [-0.4, -0.2) is 59.8 Å². The Hall–Kier alpha value is -3.46. The van der Waals surface area contributed by atoms with Crippen molar-refractivity contribution in [3.63, 3.8) is 0 Å². The minimum absolute atomic E-state index is 0.239. The SMILES string of the molecule is CCNC(=O)Nc1cc(CN2CCN(c3ccc(N=C/C=C\N)nc3)CC2)ccn1. The van der Waals surface area contributed by atoms with Gasteiger partial charge in [0.05, 0.1) is 11.9 Å². The lowest BCUT2D eigenvalue weighted by Gasteiger charge is -2.36. The number of pyridine rings is 2. The lowest BCUT2D eigenvalue weighted by molar-refractivity contribution is 0.249. The molecule has 1 aliphatic rings. The maximum Gasteiger partial charge on any atom is 0.320 e. The van der Waals surface area contributed by atoms with Gasteiger partial charge in [-0.05, 0) is 49.0 Å². The lowest BCUT2D eigenvalue weighted by atomic mass is 10.2. The molecule has 4 N–H and O–H groups in total. The lowest BCUT2D eigenvalue weighted by Crippen LogP contribution is -2.46. The van der Waals surface area contributed by atoms with Gasteiger partial charge in [-0.15, -0.1) is 0 Å². The average Bonchev–Trinajstić information content (AvgIpc) is 2.75. The molecule has 2 aromatic rings. The molecule has 0 bridgehead atoms. The van der Waals surface area contributed by atoms with Gasteiger partial charge in [-0.25, -0.2) is 19.8 Å². The largest absolute Gasteiger partial charge is 0.405 e. The number of nitrogens with one attached hydrogen (secondary N) is 2. The van der Waals surface area contributed by atoms with E-state index in [9.17, 15) is 4.79 Å². The van der Waals surface area contributed by atoms with E-state index in [4.69, 9.17) is 5.73 Å². The van der Waals surface area contributed by atoms with Crippen LogP contribution in [-0.2, 0) is 6.54 Å². The van der Waals surface area contributed by atoms with E-state index in [0.29, 0.717) is 18.2 Å². The molecule has 2 amide bonds. The van der Waals surface area contributed by atoms with Crippen LogP contribution < -0.4 is 21.3 Å². The van der Waals surface area contributed by atoms with Gasteiger partial charge >= 0.3 is 6.03 Å². The fourth-order valence-corrected chi connectivity index (χ4v) is 3.20. The molecule has 3 heterocycles. The number of nitrogens with zero attached hydrogens (tertiary/aromatic N) is 5. The van der Waals surface area contributed by atoms with E-state index in [0.717, 1.165) is 44.0 Å². The normalized spacial score (nSPS) is 15.0. The van der Waals surface area contributed by atoms with Crippen molar-refractivity contribution in [2.45, 2.75) is 13.5 Å². The molecule has 9 nitrogen and oxygen atoms in total. The summed E-state index contributed by atoms with van der Waals surface area (Å²) in [5.41, 5.74) is 7.51. The zero-order chi connectivity index (χ0) is 21.2. The van der Waals surface area contributed by atoms with Crippen LogP contribution in [0.3, 0.4) is 0 Å². The summed E-state index contributed by atoms with van der Waals surface area (Å²) in [6.07, 6.45) is 8.31. The number of rotatable bonds is 7. The van der Waals surface area contributed by atoms with Crippen LogP contribution in [0.2, 0.25) is 0 Å². The first-order valence-electron chi connectivity index (χ1n) is 10.0. The first-order chi connectivity index (χ1) is 14.7.